The van der Waals surface area contributed by atoms with Crippen LogP contribution in [-0.2, 0) is 9.47 Å². The molecule has 0 heterocycles. The van der Waals surface area contributed by atoms with Gasteiger partial charge in [0.05, 0.1) is 0 Å². The minimum Gasteiger partial charge on any atom is -0.285 e. The molecule has 14 heteroatoms. The predicted molar refractivity (Wildman–Crippen MR) is 66.5 cm³/mol. The number of alkyl halides is 12. The van der Waals surface area contributed by atoms with Crippen LogP contribution in [0.15, 0.2) is 0 Å². The lowest BCUT2D eigenvalue weighted by molar-refractivity contribution is -0.473. The third-order valence-electron chi connectivity index (χ3n) is 3.43. The fourth-order valence-electron chi connectivity index (χ4n) is 1.54. The molecule has 0 aromatic rings. The third kappa shape index (κ3) is 4.74. The van der Waals surface area contributed by atoms with Gasteiger partial charge >= 0.3 is 35.9 Å². The van der Waals surface area contributed by atoms with E-state index in [1.165, 1.54) is 0 Å². The Bertz CT molecular complexity index is 450. The van der Waals surface area contributed by atoms with E-state index >= 15 is 0 Å². The van der Waals surface area contributed by atoms with Crippen LogP contribution >= 0.6 is 0 Å². The molecule has 0 atom stereocenters. The van der Waals surface area contributed by atoms with Gasteiger partial charge in [0.25, 0.3) is 0 Å². The first-order valence-electron chi connectivity index (χ1n) is 7.38. The maximum atomic E-state index is 13.4. The van der Waals surface area contributed by atoms with Gasteiger partial charge in [0.1, 0.15) is 0 Å². The normalized spacial score (nSPS) is 15.6. The average Bonchev–Trinajstić information content (AvgIpc) is 2.52. The third-order valence-corrected chi connectivity index (χ3v) is 3.43. The minimum absolute atomic E-state index is 0.402. The minimum atomic E-state index is -6.24. The zero-order valence-electron chi connectivity index (χ0n) is 14.1. The van der Waals surface area contributed by atoms with Crippen LogP contribution in [0.4, 0.5) is 52.7 Å². The molecule has 27 heavy (non-hydrogen) atoms. The van der Waals surface area contributed by atoms with Crippen molar-refractivity contribution >= 4 is 0 Å². The van der Waals surface area contributed by atoms with Crippen molar-refractivity contribution in [3.63, 3.8) is 0 Å². The molecule has 0 fully saturated rings. The van der Waals surface area contributed by atoms with Crippen molar-refractivity contribution in [1.29, 1.82) is 0 Å². The molecule has 0 aliphatic carbocycles. The van der Waals surface area contributed by atoms with Crippen LogP contribution in [0.5, 0.6) is 0 Å². The van der Waals surface area contributed by atoms with Crippen LogP contribution in [0.1, 0.15) is 40.0 Å². The Kier molecular flexibility index (Phi) is 7.57. The highest BCUT2D eigenvalue weighted by Crippen LogP contribution is 2.51. The summed E-state index contributed by atoms with van der Waals surface area (Å²) in [7, 11) is 0. The van der Waals surface area contributed by atoms with Crippen LogP contribution in [0.25, 0.3) is 0 Å². The summed E-state index contributed by atoms with van der Waals surface area (Å²) in [4.78, 5) is 0. The van der Waals surface area contributed by atoms with E-state index in [0.717, 1.165) is 0 Å². The van der Waals surface area contributed by atoms with Gasteiger partial charge in [-0.1, -0.05) is 20.8 Å². The molecule has 0 aromatic heterocycles. The van der Waals surface area contributed by atoms with Crippen molar-refractivity contribution in [1.82, 2.24) is 0 Å². The molecule has 0 saturated heterocycles. The summed E-state index contributed by atoms with van der Waals surface area (Å²) in [5, 5.41) is 0. The molecule has 0 rings (SSSR count). The zero-order valence-corrected chi connectivity index (χ0v) is 14.1. The molecule has 164 valence electrons. The molecule has 0 radical (unpaired) electrons. The van der Waals surface area contributed by atoms with E-state index in [4.69, 9.17) is 0 Å². The molecule has 0 saturated carbocycles. The van der Waals surface area contributed by atoms with Crippen molar-refractivity contribution in [2.24, 2.45) is 0 Å². The van der Waals surface area contributed by atoms with E-state index in [-0.39, 0.29) is 0 Å². The molecular weight excluding hydrogens is 416 g/mol. The SMILES string of the molecule is CCC(OC(F)(F)C(F)(F)C(F)(F)CC)OC(F)(F)C(F)(F)C(F)(F)CC. The van der Waals surface area contributed by atoms with Crippen LogP contribution in [0.3, 0.4) is 0 Å². The summed E-state index contributed by atoms with van der Waals surface area (Å²) in [5.41, 5.74) is 0. The Morgan fingerprint density at radius 2 is 0.815 bits per heavy atom. The smallest absolute Gasteiger partial charge is 0.285 e. The van der Waals surface area contributed by atoms with Crippen LogP contribution < -0.4 is 0 Å². The Labute approximate surface area is 145 Å². The van der Waals surface area contributed by atoms with E-state index in [2.05, 4.69) is 9.47 Å². The van der Waals surface area contributed by atoms with E-state index in [9.17, 15) is 52.7 Å². The second kappa shape index (κ2) is 7.84. The highest BCUT2D eigenvalue weighted by atomic mass is 19.4. The largest absolute Gasteiger partial charge is 0.427 e. The predicted octanol–water partition coefficient (Wildman–Crippen LogP) is 6.30. The van der Waals surface area contributed by atoms with Crippen LogP contribution in [-0.4, -0.2) is 42.2 Å². The lowest BCUT2D eigenvalue weighted by Crippen LogP contribution is -2.59. The summed E-state index contributed by atoms with van der Waals surface area (Å²) >= 11 is 0. The molecule has 0 aliphatic heterocycles. The van der Waals surface area contributed by atoms with Crippen molar-refractivity contribution in [3.05, 3.63) is 0 Å². The number of halogens is 12. The van der Waals surface area contributed by atoms with Gasteiger partial charge in [-0.05, 0) is 6.42 Å². The van der Waals surface area contributed by atoms with E-state index < -0.39 is 61.5 Å². The summed E-state index contributed by atoms with van der Waals surface area (Å²) in [5.74, 6) is -23.2. The lowest BCUT2D eigenvalue weighted by atomic mass is 10.1. The summed E-state index contributed by atoms with van der Waals surface area (Å²) in [6.45, 7) is 1.43. The van der Waals surface area contributed by atoms with Gasteiger partial charge in [0, 0.05) is 12.8 Å². The molecule has 0 aliphatic rings. The van der Waals surface area contributed by atoms with Crippen LogP contribution in [0, 0.1) is 0 Å². The Morgan fingerprint density at radius 1 is 0.556 bits per heavy atom. The molecule has 0 amide bonds. The van der Waals surface area contributed by atoms with Crippen molar-refractivity contribution in [3.8, 4) is 0 Å². The quantitative estimate of drug-likeness (QED) is 0.282. The van der Waals surface area contributed by atoms with E-state index in [0.29, 0.717) is 20.8 Å². The lowest BCUT2D eigenvalue weighted by Gasteiger charge is -2.36. The molecule has 0 N–H and O–H groups in total. The van der Waals surface area contributed by atoms with Crippen molar-refractivity contribution in [2.75, 3.05) is 0 Å². The van der Waals surface area contributed by atoms with Gasteiger partial charge in [0.2, 0.25) is 0 Å². The van der Waals surface area contributed by atoms with Gasteiger partial charge < -0.3 is 0 Å². The summed E-state index contributed by atoms with van der Waals surface area (Å²) in [6, 6.07) is 0. The standard InChI is InChI=1S/C13H16F12O2/c1-4-7(26-12(22,23)10(18,19)8(14,15)5-2)27-13(24,25)11(20,21)9(16,17)6-3/h7H,4-6H2,1-3H3. The fraction of sp³-hybridized carbons (Fsp3) is 1.00. The first-order chi connectivity index (χ1) is 11.8. The average molecular weight is 432 g/mol. The van der Waals surface area contributed by atoms with E-state index in [1.54, 1.807) is 0 Å². The second-order valence-corrected chi connectivity index (χ2v) is 5.37. The molecule has 0 spiro atoms. The fourth-order valence-corrected chi connectivity index (χ4v) is 1.54. The second-order valence-electron chi connectivity index (χ2n) is 5.37. The van der Waals surface area contributed by atoms with Crippen LogP contribution in [0.2, 0.25) is 0 Å². The Balaban J connectivity index is 5.64. The highest BCUT2D eigenvalue weighted by molar-refractivity contribution is 4.93. The van der Waals surface area contributed by atoms with Gasteiger partial charge in [0.15, 0.2) is 6.29 Å². The van der Waals surface area contributed by atoms with Gasteiger partial charge in [-0.2, -0.15) is 52.7 Å². The number of hydrogen-bond acceptors (Lipinski definition) is 2. The summed E-state index contributed by atoms with van der Waals surface area (Å²) in [6.07, 6.45) is -20.5. The Hall–Kier alpha value is -0.920. The molecule has 2 nitrogen and oxygen atoms in total. The first-order valence-corrected chi connectivity index (χ1v) is 7.38. The highest BCUT2D eigenvalue weighted by Gasteiger charge is 2.75. The number of ether oxygens (including phenoxy) is 2. The van der Waals surface area contributed by atoms with E-state index in [1.807, 2.05) is 0 Å². The first kappa shape index (κ1) is 26.1. The number of hydrogen-bond donors (Lipinski definition) is 0. The van der Waals surface area contributed by atoms with Crippen molar-refractivity contribution in [2.45, 2.75) is 82.2 Å². The van der Waals surface area contributed by atoms with Gasteiger partial charge in [-0.25, -0.2) is 0 Å². The molecular formula is C13H16F12O2. The maximum Gasteiger partial charge on any atom is 0.427 e. The molecule has 0 bridgehead atoms. The molecule has 0 aromatic carbocycles. The zero-order chi connectivity index (χ0) is 22.1. The number of rotatable bonds is 11. The topological polar surface area (TPSA) is 18.5 Å². The Morgan fingerprint density at radius 3 is 1.00 bits per heavy atom. The van der Waals surface area contributed by atoms with Gasteiger partial charge in [-0.15, -0.1) is 0 Å². The molecule has 0 unspecified atom stereocenters. The summed E-state index contributed by atoms with van der Waals surface area (Å²) < 4.78 is 165. The van der Waals surface area contributed by atoms with Crippen molar-refractivity contribution < 1.29 is 62.2 Å². The van der Waals surface area contributed by atoms with Gasteiger partial charge in [-0.3, -0.25) is 9.47 Å². The monoisotopic (exact) mass is 432 g/mol. The maximum absolute atomic E-state index is 13.4.